The number of hydrogen-bond donors (Lipinski definition) is 1. The molecule has 1 unspecified atom stereocenters. The lowest BCUT2D eigenvalue weighted by Gasteiger charge is -2.22. The third kappa shape index (κ3) is 12.2. The van der Waals surface area contributed by atoms with Gasteiger partial charge in [-0.15, -0.1) is 0 Å². The second-order valence-corrected chi connectivity index (χ2v) is 19.6. The molecule has 0 bridgehead atoms. The summed E-state index contributed by atoms with van der Waals surface area (Å²) < 4.78 is 43.7. The standard InChI is InChI=1S/C55H60Cl2N8O11/c1-35-8-7-9-39(26-35)33-75-53-59-49-47(51(68)62(54(69)61(49)4)17-21-71-23-19-66)65(53)32-38-13-16-44(57)43(30-38)41-28-36(2)27-40(29-41)34-76-52-58-48-46(64(52)31-37-11-14-42(56)15-12-37)50(67)63(55(70)60(48)3)18-22-72-24-25-74-45-10-5-6-20-73-45/h7-9,11-16,26-30,45,66H,5-6,10,17-25,31-34H2,1-4H3. The Labute approximate surface area is 446 Å². The Hall–Kier alpha value is -6.84. The lowest BCUT2D eigenvalue weighted by molar-refractivity contribution is -0.169. The number of aryl methyl sites for hydroxylation is 4. The normalized spacial score (nSPS) is 13.8. The third-order valence-corrected chi connectivity index (χ3v) is 13.7. The Morgan fingerprint density at radius 1 is 0.632 bits per heavy atom. The Bertz CT molecular complexity index is 3610. The smallest absolute Gasteiger partial charge is 0.332 e. The summed E-state index contributed by atoms with van der Waals surface area (Å²) in [6.45, 7) is 5.66. The van der Waals surface area contributed by atoms with Crippen molar-refractivity contribution < 1.29 is 33.5 Å². The fourth-order valence-electron chi connectivity index (χ4n) is 9.32. The largest absolute Gasteiger partial charge is 0.460 e. The van der Waals surface area contributed by atoms with E-state index in [-0.39, 0.29) is 113 Å². The van der Waals surface area contributed by atoms with Crippen LogP contribution in [0, 0.1) is 13.8 Å². The number of benzene rings is 4. The van der Waals surface area contributed by atoms with Gasteiger partial charge in [0.2, 0.25) is 0 Å². The molecule has 0 spiro atoms. The summed E-state index contributed by atoms with van der Waals surface area (Å²) >= 11 is 13.3. The van der Waals surface area contributed by atoms with Gasteiger partial charge in [-0.2, -0.15) is 9.97 Å². The van der Waals surface area contributed by atoms with Gasteiger partial charge < -0.3 is 33.5 Å². The van der Waals surface area contributed by atoms with E-state index in [0.29, 0.717) is 28.8 Å². The molecular formula is C55H60Cl2N8O11. The van der Waals surface area contributed by atoms with Crippen molar-refractivity contribution in [2.24, 2.45) is 14.1 Å². The summed E-state index contributed by atoms with van der Waals surface area (Å²) in [5, 5.41) is 10.2. The fraction of sp³-hybridized carbons (Fsp3) is 0.382. The molecule has 1 aliphatic heterocycles. The summed E-state index contributed by atoms with van der Waals surface area (Å²) in [5.41, 5.74) is 5.10. The van der Waals surface area contributed by atoms with Gasteiger partial charge in [0, 0.05) is 36.3 Å². The van der Waals surface area contributed by atoms with Gasteiger partial charge in [-0.1, -0.05) is 88.9 Å². The molecule has 21 heteroatoms. The van der Waals surface area contributed by atoms with Crippen LogP contribution in [0.25, 0.3) is 33.5 Å². The highest BCUT2D eigenvalue weighted by Crippen LogP contribution is 2.33. The van der Waals surface area contributed by atoms with Gasteiger partial charge in [0.1, 0.15) is 13.2 Å². The molecule has 4 aromatic carbocycles. The number of ether oxygens (including phenoxy) is 6. The van der Waals surface area contributed by atoms with Crippen molar-refractivity contribution in [1.82, 2.24) is 37.4 Å². The number of hydrogen-bond acceptors (Lipinski definition) is 13. The zero-order valence-corrected chi connectivity index (χ0v) is 44.3. The Morgan fingerprint density at radius 2 is 1.24 bits per heavy atom. The third-order valence-electron chi connectivity index (χ3n) is 13.1. The monoisotopic (exact) mass is 1080 g/mol. The highest BCUT2D eigenvalue weighted by Gasteiger charge is 2.25. The Kier molecular flexibility index (Phi) is 17.4. The van der Waals surface area contributed by atoms with Crippen LogP contribution in [0.15, 0.2) is 104 Å². The summed E-state index contributed by atoms with van der Waals surface area (Å²) in [7, 11) is 3.12. The molecular weight excluding hydrogens is 1020 g/mol. The fourth-order valence-corrected chi connectivity index (χ4v) is 9.67. The number of imidazole rings is 2. The summed E-state index contributed by atoms with van der Waals surface area (Å²) in [6, 6.07) is 26.8. The number of halogens is 2. The first kappa shape index (κ1) is 54.0. The zero-order chi connectivity index (χ0) is 53.5. The number of rotatable bonds is 23. The summed E-state index contributed by atoms with van der Waals surface area (Å²) in [6.07, 6.45) is 2.66. The van der Waals surface area contributed by atoms with E-state index in [9.17, 15) is 24.3 Å². The maximum Gasteiger partial charge on any atom is 0.332 e. The van der Waals surface area contributed by atoms with Crippen LogP contribution in [0.5, 0.6) is 12.0 Å². The average molecular weight is 1080 g/mol. The molecule has 19 nitrogen and oxygen atoms in total. The number of aromatic nitrogens is 8. The van der Waals surface area contributed by atoms with E-state index in [4.69, 9.17) is 61.6 Å². The van der Waals surface area contributed by atoms with Gasteiger partial charge in [-0.3, -0.25) is 37.0 Å². The Morgan fingerprint density at radius 3 is 1.86 bits per heavy atom. The minimum absolute atomic E-state index is 0.00460. The van der Waals surface area contributed by atoms with Crippen molar-refractivity contribution in [2.75, 3.05) is 46.2 Å². The van der Waals surface area contributed by atoms with Crippen molar-refractivity contribution in [3.63, 3.8) is 0 Å². The molecule has 8 aromatic rings. The van der Waals surface area contributed by atoms with Crippen LogP contribution in [0.4, 0.5) is 0 Å². The minimum Gasteiger partial charge on any atom is -0.460 e. The summed E-state index contributed by atoms with van der Waals surface area (Å²) in [5.74, 6) is 0. The molecule has 400 valence electrons. The van der Waals surface area contributed by atoms with Crippen molar-refractivity contribution in [1.29, 1.82) is 0 Å². The van der Waals surface area contributed by atoms with Crippen LogP contribution in [-0.2, 0) is 72.4 Å². The highest BCUT2D eigenvalue weighted by atomic mass is 35.5. The van der Waals surface area contributed by atoms with Crippen molar-refractivity contribution in [3.8, 4) is 23.1 Å². The minimum atomic E-state index is -0.569. The van der Waals surface area contributed by atoms with Gasteiger partial charge in [0.05, 0.1) is 65.8 Å². The highest BCUT2D eigenvalue weighted by molar-refractivity contribution is 6.33. The van der Waals surface area contributed by atoms with Crippen LogP contribution < -0.4 is 32.0 Å². The first-order valence-corrected chi connectivity index (χ1v) is 25.9. The second-order valence-electron chi connectivity index (χ2n) is 18.7. The number of aliphatic hydroxyl groups is 1. The van der Waals surface area contributed by atoms with E-state index in [1.807, 2.05) is 80.6 Å². The number of nitrogens with zero attached hydrogens (tertiary/aromatic N) is 8. The van der Waals surface area contributed by atoms with Crippen molar-refractivity contribution >= 4 is 45.5 Å². The quantitative estimate of drug-likeness (QED) is 0.0680. The zero-order valence-electron chi connectivity index (χ0n) is 42.8. The van der Waals surface area contributed by atoms with E-state index in [1.165, 1.54) is 9.13 Å². The van der Waals surface area contributed by atoms with Gasteiger partial charge in [0.25, 0.3) is 23.1 Å². The molecule has 9 rings (SSSR count). The molecule has 76 heavy (non-hydrogen) atoms. The predicted molar refractivity (Wildman–Crippen MR) is 288 cm³/mol. The molecule has 0 radical (unpaired) electrons. The lowest BCUT2D eigenvalue weighted by Crippen LogP contribution is -2.40. The molecule has 1 atom stereocenters. The predicted octanol–water partition coefficient (Wildman–Crippen LogP) is 6.52. The maximum absolute atomic E-state index is 14.3. The second kappa shape index (κ2) is 24.4. The average Bonchev–Trinajstić information content (AvgIpc) is 3.98. The van der Waals surface area contributed by atoms with Crippen LogP contribution in [0.1, 0.15) is 52.6 Å². The molecule has 0 amide bonds. The molecule has 5 heterocycles. The number of fused-ring (bicyclic) bond motifs is 2. The van der Waals surface area contributed by atoms with Gasteiger partial charge >= 0.3 is 11.4 Å². The van der Waals surface area contributed by atoms with E-state index in [2.05, 4.69) is 0 Å². The maximum atomic E-state index is 14.3. The van der Waals surface area contributed by atoms with Crippen LogP contribution >= 0.6 is 23.2 Å². The van der Waals surface area contributed by atoms with Crippen LogP contribution in [0.3, 0.4) is 0 Å². The SMILES string of the molecule is Cc1cccc(COc2nc3c(c(=O)n(CCOCCO)c(=O)n3C)n2Cc2ccc(Cl)c(-c3cc(C)cc(COc4nc5c(c(=O)n(CCOCCOC6CCCCO6)c(=O)n5C)n4Cc4ccc(Cl)cc4)c3)c2)c1. The first-order chi connectivity index (χ1) is 36.8. The van der Waals surface area contributed by atoms with Crippen molar-refractivity contribution in [2.45, 2.75) is 78.8 Å². The molecule has 4 aromatic heterocycles. The topological polar surface area (TPSA) is 199 Å². The number of aliphatic hydroxyl groups excluding tert-OH is 1. The van der Waals surface area contributed by atoms with E-state index < -0.39 is 22.5 Å². The van der Waals surface area contributed by atoms with Gasteiger partial charge in [0.15, 0.2) is 28.6 Å². The Balaban J connectivity index is 1.00. The molecule has 0 aliphatic carbocycles. The summed E-state index contributed by atoms with van der Waals surface area (Å²) in [4.78, 5) is 65.3. The van der Waals surface area contributed by atoms with E-state index >= 15 is 0 Å². The molecule has 1 N–H and O–H groups in total. The van der Waals surface area contributed by atoms with E-state index in [1.54, 1.807) is 41.4 Å². The first-order valence-electron chi connectivity index (χ1n) is 25.1. The molecule has 1 fully saturated rings. The van der Waals surface area contributed by atoms with E-state index in [0.717, 1.165) is 67.3 Å². The van der Waals surface area contributed by atoms with Gasteiger partial charge in [-0.05, 0) is 91.3 Å². The molecule has 1 aliphatic rings. The van der Waals surface area contributed by atoms with Gasteiger partial charge in [-0.25, -0.2) is 9.59 Å². The van der Waals surface area contributed by atoms with Crippen LogP contribution in [-0.4, -0.2) is 95.0 Å². The van der Waals surface area contributed by atoms with Crippen LogP contribution in [0.2, 0.25) is 10.0 Å². The van der Waals surface area contributed by atoms with Crippen molar-refractivity contribution in [3.05, 3.63) is 170 Å². The lowest BCUT2D eigenvalue weighted by atomic mass is 9.98. The molecule has 0 saturated carbocycles. The molecule has 1 saturated heterocycles.